The zero-order valence-electron chi connectivity index (χ0n) is 11.3. The maximum absolute atomic E-state index is 11.1. The van der Waals surface area contributed by atoms with E-state index in [0.29, 0.717) is 0 Å². The summed E-state index contributed by atoms with van der Waals surface area (Å²) < 4.78 is 1.93. The molecule has 3 aromatic rings. The van der Waals surface area contributed by atoms with Crippen LogP contribution >= 0.6 is 0 Å². The lowest BCUT2D eigenvalue weighted by atomic mass is 10.1. The molecule has 3 rings (SSSR count). The summed E-state index contributed by atoms with van der Waals surface area (Å²) in [7, 11) is 0. The number of carboxylic acids is 1. The molecule has 0 saturated carbocycles. The molecule has 0 atom stereocenters. The lowest BCUT2D eigenvalue weighted by Crippen LogP contribution is -1.99. The summed E-state index contributed by atoms with van der Waals surface area (Å²) in [4.78, 5) is 15.4. The van der Waals surface area contributed by atoms with Gasteiger partial charge >= 0.3 is 5.97 Å². The Bertz CT molecular complexity index is 818. The van der Waals surface area contributed by atoms with Crippen LogP contribution in [0.2, 0.25) is 0 Å². The van der Waals surface area contributed by atoms with Crippen LogP contribution in [0.15, 0.2) is 42.7 Å². The molecule has 1 heterocycles. The number of carboxylic acid groups (broad SMARTS) is 1. The van der Waals surface area contributed by atoms with Gasteiger partial charge in [0.05, 0.1) is 22.3 Å². The van der Waals surface area contributed by atoms with Crippen LogP contribution in [0.5, 0.6) is 0 Å². The van der Waals surface area contributed by atoms with E-state index < -0.39 is 5.97 Å². The van der Waals surface area contributed by atoms with Crippen molar-refractivity contribution in [3.63, 3.8) is 0 Å². The molecule has 20 heavy (non-hydrogen) atoms. The van der Waals surface area contributed by atoms with E-state index in [1.165, 1.54) is 5.56 Å². The van der Waals surface area contributed by atoms with Crippen LogP contribution in [0, 0.1) is 13.8 Å². The number of rotatable bonds is 2. The number of nitrogens with zero attached hydrogens (tertiary/aromatic N) is 2. The Morgan fingerprint density at radius 3 is 2.65 bits per heavy atom. The summed E-state index contributed by atoms with van der Waals surface area (Å²) in [5.41, 5.74) is 5.20. The van der Waals surface area contributed by atoms with Gasteiger partial charge in [-0.15, -0.1) is 0 Å². The average molecular weight is 266 g/mol. The third kappa shape index (κ3) is 1.95. The largest absolute Gasteiger partial charge is 0.478 e. The first kappa shape index (κ1) is 12.4. The van der Waals surface area contributed by atoms with Crippen LogP contribution in [0.3, 0.4) is 0 Å². The predicted molar refractivity (Wildman–Crippen MR) is 77.5 cm³/mol. The molecule has 0 aliphatic rings. The number of aryl methyl sites for hydroxylation is 2. The van der Waals surface area contributed by atoms with Crippen LogP contribution < -0.4 is 0 Å². The van der Waals surface area contributed by atoms with E-state index in [2.05, 4.69) is 11.1 Å². The van der Waals surface area contributed by atoms with Crippen molar-refractivity contribution in [1.29, 1.82) is 0 Å². The van der Waals surface area contributed by atoms with Gasteiger partial charge in [-0.25, -0.2) is 9.78 Å². The molecule has 0 unspecified atom stereocenters. The third-order valence-electron chi connectivity index (χ3n) is 3.41. The fraction of sp³-hybridized carbons (Fsp3) is 0.125. The first-order valence-corrected chi connectivity index (χ1v) is 6.34. The molecular weight excluding hydrogens is 252 g/mol. The van der Waals surface area contributed by atoms with Crippen molar-refractivity contribution in [2.24, 2.45) is 0 Å². The van der Waals surface area contributed by atoms with Gasteiger partial charge in [0.1, 0.15) is 6.33 Å². The molecular formula is C16H14N2O2. The molecule has 1 N–H and O–H groups in total. The number of aromatic carboxylic acids is 1. The van der Waals surface area contributed by atoms with Crippen molar-refractivity contribution < 1.29 is 9.90 Å². The van der Waals surface area contributed by atoms with Crippen LogP contribution in [0.1, 0.15) is 21.5 Å². The molecule has 0 amide bonds. The number of aromatic nitrogens is 2. The van der Waals surface area contributed by atoms with E-state index in [1.54, 1.807) is 24.5 Å². The first-order chi connectivity index (χ1) is 9.56. The maximum atomic E-state index is 11.1. The number of fused-ring (bicyclic) bond motifs is 1. The highest BCUT2D eigenvalue weighted by Gasteiger charge is 2.10. The molecule has 0 fully saturated rings. The summed E-state index contributed by atoms with van der Waals surface area (Å²) in [5, 5.41) is 9.10. The van der Waals surface area contributed by atoms with Gasteiger partial charge in [0.25, 0.3) is 0 Å². The predicted octanol–water partition coefficient (Wildman–Crippen LogP) is 3.34. The van der Waals surface area contributed by atoms with E-state index in [-0.39, 0.29) is 5.56 Å². The normalized spacial score (nSPS) is 10.9. The lowest BCUT2D eigenvalue weighted by molar-refractivity contribution is 0.0697. The lowest BCUT2D eigenvalue weighted by Gasteiger charge is -2.09. The van der Waals surface area contributed by atoms with Crippen molar-refractivity contribution in [3.05, 3.63) is 59.4 Å². The Labute approximate surface area is 116 Å². The Balaban J connectivity index is 2.25. The van der Waals surface area contributed by atoms with Crippen LogP contribution in [0.25, 0.3) is 16.7 Å². The second kappa shape index (κ2) is 4.49. The monoisotopic (exact) mass is 266 g/mol. The standard InChI is InChI=1S/C16H14N2O2/c1-10-3-6-14(11(2)7-10)18-9-17-13-5-4-12(16(19)20)8-15(13)18/h3-9H,1-2H3,(H,19,20). The van der Waals surface area contributed by atoms with Crippen LogP contribution in [-0.2, 0) is 0 Å². The van der Waals surface area contributed by atoms with Gasteiger partial charge in [-0.2, -0.15) is 0 Å². The number of hydrogen-bond donors (Lipinski definition) is 1. The third-order valence-corrected chi connectivity index (χ3v) is 3.41. The molecule has 4 heteroatoms. The van der Waals surface area contributed by atoms with Gasteiger partial charge in [0.15, 0.2) is 0 Å². The van der Waals surface area contributed by atoms with E-state index in [1.807, 2.05) is 30.5 Å². The number of benzene rings is 2. The van der Waals surface area contributed by atoms with E-state index >= 15 is 0 Å². The van der Waals surface area contributed by atoms with Gasteiger partial charge < -0.3 is 5.11 Å². The van der Waals surface area contributed by atoms with Gasteiger partial charge in [-0.05, 0) is 43.7 Å². The molecule has 0 aliphatic heterocycles. The molecule has 2 aromatic carbocycles. The van der Waals surface area contributed by atoms with Crippen molar-refractivity contribution in [1.82, 2.24) is 9.55 Å². The van der Waals surface area contributed by atoms with E-state index in [9.17, 15) is 4.79 Å². The smallest absolute Gasteiger partial charge is 0.335 e. The van der Waals surface area contributed by atoms with Gasteiger partial charge in [-0.3, -0.25) is 4.57 Å². The number of carbonyl (C=O) groups is 1. The maximum Gasteiger partial charge on any atom is 0.335 e. The highest BCUT2D eigenvalue weighted by atomic mass is 16.4. The Kier molecular flexibility index (Phi) is 2.79. The minimum absolute atomic E-state index is 0.268. The quantitative estimate of drug-likeness (QED) is 0.774. The first-order valence-electron chi connectivity index (χ1n) is 6.34. The number of hydrogen-bond acceptors (Lipinski definition) is 2. The second-order valence-electron chi connectivity index (χ2n) is 4.91. The second-order valence-corrected chi connectivity index (χ2v) is 4.91. The minimum atomic E-state index is -0.930. The summed E-state index contributed by atoms with van der Waals surface area (Å²) in [5.74, 6) is -0.930. The fourth-order valence-electron chi connectivity index (χ4n) is 2.41. The molecule has 0 aliphatic carbocycles. The van der Waals surface area contributed by atoms with Crippen molar-refractivity contribution in [3.8, 4) is 5.69 Å². The SMILES string of the molecule is Cc1ccc(-n2cnc3ccc(C(=O)O)cc32)c(C)c1. The van der Waals surface area contributed by atoms with Gasteiger partial charge in [-0.1, -0.05) is 17.7 Å². The van der Waals surface area contributed by atoms with Crippen molar-refractivity contribution in [2.75, 3.05) is 0 Å². The highest BCUT2D eigenvalue weighted by Crippen LogP contribution is 2.22. The fourth-order valence-corrected chi connectivity index (χ4v) is 2.41. The van der Waals surface area contributed by atoms with Gasteiger partial charge in [0, 0.05) is 0 Å². The Morgan fingerprint density at radius 2 is 1.95 bits per heavy atom. The summed E-state index contributed by atoms with van der Waals surface area (Å²) in [6, 6.07) is 11.1. The van der Waals surface area contributed by atoms with Gasteiger partial charge in [0.2, 0.25) is 0 Å². The highest BCUT2D eigenvalue weighted by molar-refractivity contribution is 5.92. The average Bonchev–Trinajstić information content (AvgIpc) is 2.81. The molecule has 0 radical (unpaired) electrons. The topological polar surface area (TPSA) is 55.1 Å². The minimum Gasteiger partial charge on any atom is -0.478 e. The molecule has 4 nitrogen and oxygen atoms in total. The van der Waals surface area contributed by atoms with Crippen LogP contribution in [0.4, 0.5) is 0 Å². The van der Waals surface area contributed by atoms with Crippen molar-refractivity contribution in [2.45, 2.75) is 13.8 Å². The Morgan fingerprint density at radius 1 is 1.15 bits per heavy atom. The molecule has 100 valence electrons. The molecule has 0 spiro atoms. The summed E-state index contributed by atoms with van der Waals surface area (Å²) in [6.45, 7) is 4.08. The number of imidazole rings is 1. The van der Waals surface area contributed by atoms with Crippen molar-refractivity contribution >= 4 is 17.0 Å². The molecule has 0 bridgehead atoms. The molecule has 1 aromatic heterocycles. The van der Waals surface area contributed by atoms with E-state index in [4.69, 9.17) is 5.11 Å². The zero-order valence-corrected chi connectivity index (χ0v) is 11.3. The molecule has 0 saturated heterocycles. The van der Waals surface area contributed by atoms with Crippen LogP contribution in [-0.4, -0.2) is 20.6 Å². The zero-order chi connectivity index (χ0) is 14.3. The Hall–Kier alpha value is -2.62. The van der Waals surface area contributed by atoms with E-state index in [0.717, 1.165) is 22.3 Å². The summed E-state index contributed by atoms with van der Waals surface area (Å²) >= 11 is 0. The summed E-state index contributed by atoms with van der Waals surface area (Å²) in [6.07, 6.45) is 1.73.